The van der Waals surface area contributed by atoms with Gasteiger partial charge in [0.05, 0.1) is 12.1 Å². The van der Waals surface area contributed by atoms with E-state index in [-0.39, 0.29) is 0 Å². The van der Waals surface area contributed by atoms with Gasteiger partial charge in [-0.3, -0.25) is 0 Å². The van der Waals surface area contributed by atoms with Gasteiger partial charge in [-0.15, -0.1) is 0 Å². The van der Waals surface area contributed by atoms with Crippen LogP contribution in [0.25, 0.3) is 10.9 Å². The molecular weight excluding hydrogens is 212 g/mol. The van der Waals surface area contributed by atoms with Crippen molar-refractivity contribution < 1.29 is 4.74 Å². The number of rotatable bonds is 5. The van der Waals surface area contributed by atoms with E-state index < -0.39 is 0 Å². The average molecular weight is 232 g/mol. The van der Waals surface area contributed by atoms with Crippen LogP contribution in [0, 0.1) is 0 Å². The Morgan fingerprint density at radius 3 is 2.76 bits per heavy atom. The van der Waals surface area contributed by atoms with E-state index in [0.717, 1.165) is 18.7 Å². The Bertz CT molecular complexity index is 502. The molecule has 0 aliphatic rings. The first kappa shape index (κ1) is 12.0. The van der Waals surface area contributed by atoms with Crippen molar-refractivity contribution in [1.29, 1.82) is 0 Å². The predicted octanol–water partition coefficient (Wildman–Crippen LogP) is 2.56. The summed E-state index contributed by atoms with van der Waals surface area (Å²) >= 11 is 0. The average Bonchev–Trinajstić information content (AvgIpc) is 2.70. The lowest BCUT2D eigenvalue weighted by molar-refractivity contribution is 0.342. The van der Waals surface area contributed by atoms with Crippen LogP contribution < -0.4 is 10.5 Å². The third-order valence-corrected chi connectivity index (χ3v) is 3.00. The summed E-state index contributed by atoms with van der Waals surface area (Å²) in [4.78, 5) is 0. The Morgan fingerprint density at radius 2 is 2.12 bits per heavy atom. The molecule has 0 fully saturated rings. The second-order valence-corrected chi connectivity index (χ2v) is 4.06. The normalized spacial score (nSPS) is 11.0. The molecule has 0 saturated carbocycles. The van der Waals surface area contributed by atoms with E-state index in [1.807, 2.05) is 19.1 Å². The first-order valence-corrected chi connectivity index (χ1v) is 6.25. The molecule has 2 aromatic rings. The zero-order chi connectivity index (χ0) is 12.3. The van der Waals surface area contributed by atoms with E-state index in [4.69, 9.17) is 10.5 Å². The van der Waals surface area contributed by atoms with Crippen LogP contribution in [-0.2, 0) is 13.0 Å². The van der Waals surface area contributed by atoms with Crippen molar-refractivity contribution in [3.8, 4) is 5.75 Å². The summed E-state index contributed by atoms with van der Waals surface area (Å²) in [5, 5.41) is 1.27. The van der Waals surface area contributed by atoms with Crippen molar-refractivity contribution in [3.63, 3.8) is 0 Å². The Balaban J connectivity index is 2.61. The minimum atomic E-state index is 0.682. The van der Waals surface area contributed by atoms with Gasteiger partial charge in [-0.2, -0.15) is 0 Å². The Kier molecular flexibility index (Phi) is 3.69. The second kappa shape index (κ2) is 5.23. The lowest BCUT2D eigenvalue weighted by Crippen LogP contribution is -2.02. The molecule has 17 heavy (non-hydrogen) atoms. The van der Waals surface area contributed by atoms with Crippen LogP contribution in [0.2, 0.25) is 0 Å². The number of aromatic nitrogens is 1. The molecule has 0 amide bonds. The standard InChI is InChI=1S/C14H20N2O/c1-3-16-10-11(8-9-15)12-6-5-7-13(14(12)16)17-4-2/h5-7,10H,3-4,8-9,15H2,1-2H3. The molecule has 2 N–H and O–H groups in total. The number of nitrogens with two attached hydrogens (primary N) is 1. The molecule has 0 unspecified atom stereocenters. The van der Waals surface area contributed by atoms with Crippen LogP contribution in [0.15, 0.2) is 24.4 Å². The molecule has 2 rings (SSSR count). The van der Waals surface area contributed by atoms with Gasteiger partial charge >= 0.3 is 0 Å². The van der Waals surface area contributed by atoms with Gasteiger partial charge in [0.2, 0.25) is 0 Å². The van der Waals surface area contributed by atoms with Crippen LogP contribution in [0.5, 0.6) is 5.75 Å². The maximum Gasteiger partial charge on any atom is 0.143 e. The topological polar surface area (TPSA) is 40.2 Å². The number of ether oxygens (including phenoxy) is 1. The summed E-state index contributed by atoms with van der Waals surface area (Å²) in [5.41, 5.74) is 8.16. The maximum atomic E-state index is 5.70. The number of hydrogen-bond donors (Lipinski definition) is 1. The van der Waals surface area contributed by atoms with Crippen LogP contribution in [0.1, 0.15) is 19.4 Å². The van der Waals surface area contributed by atoms with Gasteiger partial charge < -0.3 is 15.0 Å². The van der Waals surface area contributed by atoms with E-state index in [1.54, 1.807) is 0 Å². The molecule has 0 bridgehead atoms. The lowest BCUT2D eigenvalue weighted by atomic mass is 10.1. The van der Waals surface area contributed by atoms with Gasteiger partial charge in [0.25, 0.3) is 0 Å². The highest BCUT2D eigenvalue weighted by molar-refractivity contribution is 5.89. The van der Waals surface area contributed by atoms with Gasteiger partial charge in [0.1, 0.15) is 5.75 Å². The number of benzene rings is 1. The first-order chi connectivity index (χ1) is 8.31. The van der Waals surface area contributed by atoms with E-state index in [9.17, 15) is 0 Å². The summed E-state index contributed by atoms with van der Waals surface area (Å²) in [7, 11) is 0. The summed E-state index contributed by atoms with van der Waals surface area (Å²) in [5.74, 6) is 0.968. The smallest absolute Gasteiger partial charge is 0.143 e. The highest BCUT2D eigenvalue weighted by atomic mass is 16.5. The molecule has 0 saturated heterocycles. The minimum absolute atomic E-state index is 0.682. The summed E-state index contributed by atoms with van der Waals surface area (Å²) in [6.07, 6.45) is 3.11. The molecule has 0 spiro atoms. The van der Waals surface area contributed by atoms with Gasteiger partial charge in [0, 0.05) is 18.1 Å². The van der Waals surface area contributed by atoms with Crippen molar-refractivity contribution in [3.05, 3.63) is 30.0 Å². The van der Waals surface area contributed by atoms with E-state index in [0.29, 0.717) is 13.2 Å². The van der Waals surface area contributed by atoms with Crippen molar-refractivity contribution >= 4 is 10.9 Å². The third kappa shape index (κ3) is 2.15. The second-order valence-electron chi connectivity index (χ2n) is 4.06. The van der Waals surface area contributed by atoms with Crippen molar-refractivity contribution in [1.82, 2.24) is 4.57 Å². The van der Waals surface area contributed by atoms with Crippen LogP contribution in [-0.4, -0.2) is 17.7 Å². The highest BCUT2D eigenvalue weighted by Gasteiger charge is 2.11. The van der Waals surface area contributed by atoms with Crippen molar-refractivity contribution in [2.45, 2.75) is 26.8 Å². The minimum Gasteiger partial charge on any atom is -0.492 e. The van der Waals surface area contributed by atoms with Crippen LogP contribution in [0.3, 0.4) is 0 Å². The van der Waals surface area contributed by atoms with Gasteiger partial charge in [-0.05, 0) is 38.4 Å². The van der Waals surface area contributed by atoms with Gasteiger partial charge in [-0.25, -0.2) is 0 Å². The van der Waals surface area contributed by atoms with Crippen molar-refractivity contribution in [2.24, 2.45) is 5.73 Å². The fourth-order valence-electron chi connectivity index (χ4n) is 2.28. The highest BCUT2D eigenvalue weighted by Crippen LogP contribution is 2.30. The molecule has 1 heterocycles. The molecule has 0 aliphatic heterocycles. The number of aryl methyl sites for hydroxylation is 1. The van der Waals surface area contributed by atoms with Crippen molar-refractivity contribution in [2.75, 3.05) is 13.2 Å². The fraction of sp³-hybridized carbons (Fsp3) is 0.429. The van der Waals surface area contributed by atoms with Gasteiger partial charge in [0.15, 0.2) is 0 Å². The number of hydrogen-bond acceptors (Lipinski definition) is 2. The zero-order valence-corrected chi connectivity index (χ0v) is 10.6. The third-order valence-electron chi connectivity index (χ3n) is 3.00. The largest absolute Gasteiger partial charge is 0.492 e. The predicted molar refractivity (Wildman–Crippen MR) is 71.5 cm³/mol. The molecule has 1 aromatic heterocycles. The number of fused-ring (bicyclic) bond motifs is 1. The zero-order valence-electron chi connectivity index (χ0n) is 10.6. The monoisotopic (exact) mass is 232 g/mol. The Hall–Kier alpha value is -1.48. The van der Waals surface area contributed by atoms with E-state index >= 15 is 0 Å². The van der Waals surface area contributed by atoms with Crippen LogP contribution in [0.4, 0.5) is 0 Å². The Morgan fingerprint density at radius 1 is 1.29 bits per heavy atom. The summed E-state index contributed by atoms with van der Waals surface area (Å²) in [6, 6.07) is 6.23. The molecule has 0 radical (unpaired) electrons. The number of nitrogens with zero attached hydrogens (tertiary/aromatic N) is 1. The Labute approximate surface area is 102 Å². The molecule has 92 valence electrons. The first-order valence-electron chi connectivity index (χ1n) is 6.25. The molecule has 1 aromatic carbocycles. The molecule has 3 heteroatoms. The maximum absolute atomic E-state index is 5.70. The number of para-hydroxylation sites is 1. The van der Waals surface area contributed by atoms with E-state index in [1.165, 1.54) is 16.5 Å². The summed E-state index contributed by atoms with van der Waals surface area (Å²) < 4.78 is 7.94. The van der Waals surface area contributed by atoms with E-state index in [2.05, 4.69) is 23.8 Å². The molecule has 3 nitrogen and oxygen atoms in total. The molecular formula is C14H20N2O. The quantitative estimate of drug-likeness (QED) is 0.860. The van der Waals surface area contributed by atoms with Gasteiger partial charge in [-0.1, -0.05) is 12.1 Å². The SMILES string of the molecule is CCOc1cccc2c(CCN)cn(CC)c12. The summed E-state index contributed by atoms with van der Waals surface area (Å²) in [6.45, 7) is 6.49. The molecule has 0 aliphatic carbocycles. The molecule has 0 atom stereocenters. The van der Waals surface area contributed by atoms with Crippen LogP contribution >= 0.6 is 0 Å². The fourth-order valence-corrected chi connectivity index (χ4v) is 2.28. The lowest BCUT2D eigenvalue weighted by Gasteiger charge is -2.08.